The van der Waals surface area contributed by atoms with Crippen LogP contribution in [-0.2, 0) is 33.2 Å². The maximum Gasteiger partial charge on any atom is 0.417 e. The van der Waals surface area contributed by atoms with Gasteiger partial charge in [0.15, 0.2) is 11.2 Å². The number of benzene rings is 2. The summed E-state index contributed by atoms with van der Waals surface area (Å²) in [6, 6.07) is 7.98. The van der Waals surface area contributed by atoms with Crippen molar-refractivity contribution >= 4 is 23.2 Å². The third-order valence-corrected chi connectivity index (χ3v) is 6.48. The molecular formula is C31H26F6N6O5. The highest BCUT2D eigenvalue weighted by molar-refractivity contribution is 5.97. The fourth-order valence-corrected chi connectivity index (χ4v) is 3.97. The summed E-state index contributed by atoms with van der Waals surface area (Å²) in [7, 11) is 0. The summed E-state index contributed by atoms with van der Waals surface area (Å²) < 4.78 is 85.7. The maximum atomic E-state index is 13.2. The second-order valence-corrected chi connectivity index (χ2v) is 10.7. The number of carbonyl (C=O) groups is 2. The maximum absolute atomic E-state index is 13.2. The second-order valence-electron chi connectivity index (χ2n) is 10.7. The molecule has 0 saturated carbocycles. The summed E-state index contributed by atoms with van der Waals surface area (Å²) in [5, 5.41) is 47.2. The molecule has 0 saturated heterocycles. The number of amides is 2. The Morgan fingerprint density at radius 1 is 0.875 bits per heavy atom. The number of nitriles is 2. The summed E-state index contributed by atoms with van der Waals surface area (Å²) in [6.45, 7) is 1.23. The number of anilines is 2. The number of aromatic nitrogens is 2. The number of carbonyl (C=O) groups excluding carboxylic acids is 2. The fraction of sp³-hybridized carbons (Fsp3) is 0.323. The standard InChI is InChI=1S/C31H26F6N6O5/c1-28(46,26(44)41-22-8-6-20(13-38)24(11-22)30(32,33)34)17-43-16-19(15-40-43)5-3-4-10-48-18-29(2,47)27(45)42-23-9-7-21(14-39)25(12-23)31(35,36)37/h6-9,11-12,15-16,46-47H,4,10,17-18H2,1-2H3,(H,41,44)(H,42,45)/t28-,29-/m0/s1. The van der Waals surface area contributed by atoms with Gasteiger partial charge in [0, 0.05) is 24.0 Å². The Kier molecular flexibility index (Phi) is 11.2. The summed E-state index contributed by atoms with van der Waals surface area (Å²) in [5.41, 5.74) is -8.22. The van der Waals surface area contributed by atoms with E-state index in [-0.39, 0.29) is 24.4 Å². The molecule has 2 atom stereocenters. The molecule has 4 N–H and O–H groups in total. The van der Waals surface area contributed by atoms with E-state index in [4.69, 9.17) is 15.3 Å². The quantitative estimate of drug-likeness (QED) is 0.141. The normalized spacial score (nSPS) is 13.9. The van der Waals surface area contributed by atoms with Crippen molar-refractivity contribution in [2.75, 3.05) is 23.8 Å². The van der Waals surface area contributed by atoms with Gasteiger partial charge in [-0.05, 0) is 50.2 Å². The Morgan fingerprint density at radius 3 is 1.85 bits per heavy atom. The topological polar surface area (TPSA) is 173 Å². The summed E-state index contributed by atoms with van der Waals surface area (Å²) in [4.78, 5) is 25.1. The Hall–Kier alpha value is -5.41. The van der Waals surface area contributed by atoms with Crippen LogP contribution in [0, 0.1) is 34.5 Å². The van der Waals surface area contributed by atoms with Crippen LogP contribution >= 0.6 is 0 Å². The Labute approximate surface area is 269 Å². The van der Waals surface area contributed by atoms with Gasteiger partial charge in [-0.2, -0.15) is 42.0 Å². The summed E-state index contributed by atoms with van der Waals surface area (Å²) in [6.07, 6.45) is -6.86. The lowest BCUT2D eigenvalue weighted by Crippen LogP contribution is -2.44. The van der Waals surface area contributed by atoms with Crippen molar-refractivity contribution in [2.45, 2.75) is 50.4 Å². The molecular weight excluding hydrogens is 650 g/mol. The summed E-state index contributed by atoms with van der Waals surface area (Å²) in [5.74, 6) is 3.41. The zero-order valence-corrected chi connectivity index (χ0v) is 25.1. The highest BCUT2D eigenvalue weighted by Crippen LogP contribution is 2.35. The van der Waals surface area contributed by atoms with Crippen LogP contribution in [0.5, 0.6) is 0 Å². The number of rotatable bonds is 10. The van der Waals surface area contributed by atoms with Crippen molar-refractivity contribution in [3.63, 3.8) is 0 Å². The highest BCUT2D eigenvalue weighted by atomic mass is 19.4. The van der Waals surface area contributed by atoms with Crippen molar-refractivity contribution in [1.29, 1.82) is 10.5 Å². The van der Waals surface area contributed by atoms with Crippen LogP contribution in [0.1, 0.15) is 48.1 Å². The van der Waals surface area contributed by atoms with E-state index in [9.17, 15) is 46.1 Å². The number of ether oxygens (including phenoxy) is 1. The number of halogens is 6. The molecule has 17 heteroatoms. The molecule has 0 aliphatic carbocycles. The van der Waals surface area contributed by atoms with Gasteiger partial charge in [-0.1, -0.05) is 11.8 Å². The Morgan fingerprint density at radius 2 is 1.38 bits per heavy atom. The lowest BCUT2D eigenvalue weighted by molar-refractivity contribution is -0.139. The minimum Gasteiger partial charge on any atom is -0.378 e. The zero-order chi connectivity index (χ0) is 35.9. The van der Waals surface area contributed by atoms with Gasteiger partial charge in [0.25, 0.3) is 11.8 Å². The van der Waals surface area contributed by atoms with E-state index < -0.39 is 70.8 Å². The van der Waals surface area contributed by atoms with Crippen LogP contribution in [0.3, 0.4) is 0 Å². The molecule has 0 aliphatic heterocycles. The number of hydrogen-bond acceptors (Lipinski definition) is 8. The monoisotopic (exact) mass is 676 g/mol. The Balaban J connectivity index is 1.50. The van der Waals surface area contributed by atoms with E-state index in [1.165, 1.54) is 29.2 Å². The van der Waals surface area contributed by atoms with Crippen LogP contribution in [0.25, 0.3) is 0 Å². The third-order valence-electron chi connectivity index (χ3n) is 6.48. The highest BCUT2D eigenvalue weighted by Gasteiger charge is 2.37. The molecule has 252 valence electrons. The van der Waals surface area contributed by atoms with Gasteiger partial charge in [0.1, 0.15) is 0 Å². The number of aliphatic hydroxyl groups is 2. The average Bonchev–Trinajstić information content (AvgIpc) is 3.44. The van der Waals surface area contributed by atoms with Gasteiger partial charge in [-0.15, -0.1) is 0 Å². The van der Waals surface area contributed by atoms with Crippen LogP contribution < -0.4 is 10.6 Å². The largest absolute Gasteiger partial charge is 0.417 e. The molecule has 2 amide bonds. The molecule has 3 rings (SSSR count). The molecule has 11 nitrogen and oxygen atoms in total. The van der Waals surface area contributed by atoms with Crippen molar-refractivity contribution in [1.82, 2.24) is 9.78 Å². The van der Waals surface area contributed by atoms with Crippen molar-refractivity contribution in [3.8, 4) is 24.0 Å². The first-order valence-electron chi connectivity index (χ1n) is 13.7. The van der Waals surface area contributed by atoms with E-state index in [0.717, 1.165) is 38.1 Å². The van der Waals surface area contributed by atoms with Gasteiger partial charge in [0.05, 0.1) is 65.9 Å². The second kappa shape index (κ2) is 14.6. The first-order valence-corrected chi connectivity index (χ1v) is 13.7. The minimum atomic E-state index is -4.84. The van der Waals surface area contributed by atoms with E-state index in [1.807, 2.05) is 0 Å². The predicted octanol–water partition coefficient (Wildman–Crippen LogP) is 4.20. The SMILES string of the molecule is C[C@](O)(COCCC#Cc1cnn(C[C@](C)(O)C(=O)Nc2ccc(C#N)c(C(F)(F)F)c2)c1)C(=O)Nc1ccc(C#N)c(C(F)(F)F)c1. The third kappa shape index (κ3) is 9.80. The smallest absolute Gasteiger partial charge is 0.378 e. The van der Waals surface area contributed by atoms with Gasteiger partial charge in [-0.25, -0.2) is 0 Å². The number of nitrogens with one attached hydrogen (secondary N) is 2. The number of alkyl halides is 6. The van der Waals surface area contributed by atoms with Gasteiger partial charge in [-0.3, -0.25) is 14.3 Å². The molecule has 0 unspecified atom stereocenters. The van der Waals surface area contributed by atoms with Crippen LogP contribution in [0.15, 0.2) is 48.8 Å². The molecule has 0 aliphatic rings. The lowest BCUT2D eigenvalue weighted by atomic mass is 10.0. The molecule has 48 heavy (non-hydrogen) atoms. The van der Waals surface area contributed by atoms with Crippen molar-refractivity contribution in [3.05, 3.63) is 76.6 Å². The number of nitrogens with zero attached hydrogens (tertiary/aromatic N) is 4. The van der Waals surface area contributed by atoms with Crippen molar-refractivity contribution in [2.24, 2.45) is 0 Å². The van der Waals surface area contributed by atoms with Gasteiger partial charge >= 0.3 is 12.4 Å². The van der Waals surface area contributed by atoms with Crippen molar-refractivity contribution < 1.29 is 50.9 Å². The molecule has 3 aromatic rings. The fourth-order valence-electron chi connectivity index (χ4n) is 3.97. The van der Waals surface area contributed by atoms with Gasteiger partial charge in [0.2, 0.25) is 0 Å². The molecule has 2 aromatic carbocycles. The molecule has 0 spiro atoms. The van der Waals surface area contributed by atoms with E-state index in [1.54, 1.807) is 0 Å². The first-order chi connectivity index (χ1) is 22.3. The molecule has 0 fully saturated rings. The van der Waals surface area contributed by atoms with Crippen LogP contribution in [0.4, 0.5) is 37.7 Å². The number of hydrogen-bond donors (Lipinski definition) is 4. The lowest BCUT2D eigenvalue weighted by Gasteiger charge is -2.22. The van der Waals surface area contributed by atoms with Crippen LogP contribution in [0.2, 0.25) is 0 Å². The first kappa shape index (κ1) is 37.1. The minimum absolute atomic E-state index is 0.0556. The molecule has 0 bridgehead atoms. The van der Waals surface area contributed by atoms with Gasteiger partial charge < -0.3 is 25.6 Å². The van der Waals surface area contributed by atoms with E-state index in [2.05, 4.69) is 27.6 Å². The zero-order valence-electron chi connectivity index (χ0n) is 25.1. The average molecular weight is 677 g/mol. The Bertz CT molecular complexity index is 1820. The molecule has 1 heterocycles. The van der Waals surface area contributed by atoms with E-state index in [0.29, 0.717) is 17.7 Å². The van der Waals surface area contributed by atoms with Crippen LogP contribution in [-0.4, -0.2) is 56.2 Å². The predicted molar refractivity (Wildman–Crippen MR) is 155 cm³/mol. The van der Waals surface area contributed by atoms with E-state index >= 15 is 0 Å². The molecule has 0 radical (unpaired) electrons. The molecule has 1 aromatic heterocycles. The summed E-state index contributed by atoms with van der Waals surface area (Å²) >= 11 is 0.